The summed E-state index contributed by atoms with van der Waals surface area (Å²) >= 11 is 0. The molecule has 0 aromatic heterocycles. The van der Waals surface area contributed by atoms with Gasteiger partial charge < -0.3 is 5.11 Å². The lowest BCUT2D eigenvalue weighted by molar-refractivity contribution is -0.0433. The molecule has 0 fully saturated rings. The van der Waals surface area contributed by atoms with E-state index < -0.39 is 5.97 Å². The fraction of sp³-hybridized carbons (Fsp3) is 0.588. The number of benzene rings is 1. The van der Waals surface area contributed by atoms with Gasteiger partial charge in [0.2, 0.25) is 0 Å². The standard InChI is InChI=1S/C17H27NO4/c1-5-7-8-9-13(6-2)16-12-14(18(21-3)22-4)10-11-15(16)17(19)20/h10-13H,5-9H2,1-4H3,(H,19,20). The fourth-order valence-corrected chi connectivity index (χ4v) is 2.70. The van der Waals surface area contributed by atoms with Crippen LogP contribution < -0.4 is 5.23 Å². The molecular weight excluding hydrogens is 282 g/mol. The lowest BCUT2D eigenvalue weighted by atomic mass is 9.87. The number of unbranched alkanes of at least 4 members (excludes halogenated alkanes) is 2. The van der Waals surface area contributed by atoms with Crippen LogP contribution in [0.2, 0.25) is 0 Å². The summed E-state index contributed by atoms with van der Waals surface area (Å²) in [7, 11) is 3.01. The molecule has 0 aliphatic carbocycles. The number of aromatic carboxylic acids is 1. The van der Waals surface area contributed by atoms with Crippen molar-refractivity contribution in [2.75, 3.05) is 19.4 Å². The third-order valence-electron chi connectivity index (χ3n) is 3.90. The minimum absolute atomic E-state index is 0.230. The molecule has 1 aromatic rings. The maximum absolute atomic E-state index is 11.5. The molecule has 1 aromatic carbocycles. The van der Waals surface area contributed by atoms with Crippen molar-refractivity contribution < 1.29 is 19.6 Å². The molecule has 0 bridgehead atoms. The third kappa shape index (κ3) is 4.71. The first-order valence-corrected chi connectivity index (χ1v) is 7.84. The highest BCUT2D eigenvalue weighted by Gasteiger charge is 2.20. The van der Waals surface area contributed by atoms with E-state index in [4.69, 9.17) is 9.68 Å². The second-order valence-corrected chi connectivity index (χ2v) is 5.30. The van der Waals surface area contributed by atoms with Crippen LogP contribution in [0.15, 0.2) is 18.2 Å². The maximum atomic E-state index is 11.5. The molecule has 0 saturated heterocycles. The smallest absolute Gasteiger partial charge is 0.335 e. The van der Waals surface area contributed by atoms with Gasteiger partial charge in [-0.05, 0) is 42.5 Å². The van der Waals surface area contributed by atoms with Gasteiger partial charge in [-0.3, -0.25) is 9.68 Å². The molecule has 0 amide bonds. The number of hydrogen-bond acceptors (Lipinski definition) is 4. The zero-order valence-corrected chi connectivity index (χ0v) is 14.0. The van der Waals surface area contributed by atoms with Crippen LogP contribution in [0.3, 0.4) is 0 Å². The van der Waals surface area contributed by atoms with Crippen molar-refractivity contribution in [1.29, 1.82) is 0 Å². The molecule has 0 aliphatic heterocycles. The van der Waals surface area contributed by atoms with Crippen LogP contribution in [-0.4, -0.2) is 25.3 Å². The average molecular weight is 309 g/mol. The van der Waals surface area contributed by atoms with Gasteiger partial charge in [-0.1, -0.05) is 33.1 Å². The van der Waals surface area contributed by atoms with E-state index in [0.29, 0.717) is 11.3 Å². The number of hydrogen-bond donors (Lipinski definition) is 1. The van der Waals surface area contributed by atoms with Gasteiger partial charge in [0.25, 0.3) is 0 Å². The van der Waals surface area contributed by atoms with E-state index in [-0.39, 0.29) is 5.92 Å². The number of anilines is 1. The normalized spacial score (nSPS) is 12.2. The van der Waals surface area contributed by atoms with Crippen molar-refractivity contribution in [3.05, 3.63) is 29.3 Å². The van der Waals surface area contributed by atoms with Crippen LogP contribution in [0.5, 0.6) is 0 Å². The van der Waals surface area contributed by atoms with E-state index in [0.717, 1.165) is 31.2 Å². The second-order valence-electron chi connectivity index (χ2n) is 5.30. The molecule has 1 atom stereocenters. The van der Waals surface area contributed by atoms with Gasteiger partial charge in [0, 0.05) is 0 Å². The van der Waals surface area contributed by atoms with E-state index in [1.807, 2.05) is 6.07 Å². The van der Waals surface area contributed by atoms with Crippen molar-refractivity contribution in [3.8, 4) is 0 Å². The first-order valence-electron chi connectivity index (χ1n) is 7.84. The molecule has 22 heavy (non-hydrogen) atoms. The van der Waals surface area contributed by atoms with Gasteiger partial charge in [-0.25, -0.2) is 4.79 Å². The Morgan fingerprint density at radius 1 is 1.23 bits per heavy atom. The van der Waals surface area contributed by atoms with Gasteiger partial charge >= 0.3 is 5.97 Å². The van der Waals surface area contributed by atoms with Crippen LogP contribution in [0.1, 0.15) is 67.8 Å². The summed E-state index contributed by atoms with van der Waals surface area (Å²) in [5.74, 6) is -0.662. The fourth-order valence-electron chi connectivity index (χ4n) is 2.70. The summed E-state index contributed by atoms with van der Waals surface area (Å²) in [5.41, 5.74) is 1.90. The van der Waals surface area contributed by atoms with Crippen molar-refractivity contribution in [2.24, 2.45) is 0 Å². The van der Waals surface area contributed by atoms with Crippen LogP contribution >= 0.6 is 0 Å². The Morgan fingerprint density at radius 3 is 2.41 bits per heavy atom. The number of rotatable bonds is 10. The Labute approximate surface area is 132 Å². The Morgan fingerprint density at radius 2 is 1.91 bits per heavy atom. The van der Waals surface area contributed by atoms with E-state index >= 15 is 0 Å². The van der Waals surface area contributed by atoms with Gasteiger partial charge in [-0.2, -0.15) is 0 Å². The highest BCUT2D eigenvalue weighted by Crippen LogP contribution is 2.32. The largest absolute Gasteiger partial charge is 0.478 e. The molecule has 124 valence electrons. The number of carbonyl (C=O) groups is 1. The lowest BCUT2D eigenvalue weighted by Gasteiger charge is -2.22. The quantitative estimate of drug-likeness (QED) is 0.513. The van der Waals surface area contributed by atoms with Gasteiger partial charge in [0.15, 0.2) is 0 Å². The van der Waals surface area contributed by atoms with Crippen molar-refractivity contribution >= 4 is 11.7 Å². The maximum Gasteiger partial charge on any atom is 0.335 e. The van der Waals surface area contributed by atoms with Gasteiger partial charge in [0.05, 0.1) is 25.5 Å². The minimum atomic E-state index is -0.892. The molecule has 1 unspecified atom stereocenters. The van der Waals surface area contributed by atoms with E-state index in [2.05, 4.69) is 13.8 Å². The highest BCUT2D eigenvalue weighted by atomic mass is 16.9. The topological polar surface area (TPSA) is 59.0 Å². The SMILES string of the molecule is CCCCCC(CC)c1cc(N(OC)OC)ccc1C(=O)O. The highest BCUT2D eigenvalue weighted by molar-refractivity contribution is 5.90. The van der Waals surface area contributed by atoms with Gasteiger partial charge in [0.1, 0.15) is 0 Å². The third-order valence-corrected chi connectivity index (χ3v) is 3.90. The molecule has 0 radical (unpaired) electrons. The van der Waals surface area contributed by atoms with Crippen LogP contribution in [0.25, 0.3) is 0 Å². The molecule has 1 N–H and O–H groups in total. The molecule has 5 nitrogen and oxygen atoms in total. The summed E-state index contributed by atoms with van der Waals surface area (Å²) in [6.45, 7) is 4.26. The summed E-state index contributed by atoms with van der Waals surface area (Å²) in [6.07, 6.45) is 5.34. The number of nitrogens with zero attached hydrogens (tertiary/aromatic N) is 1. The first-order chi connectivity index (χ1) is 10.6. The molecule has 0 saturated carbocycles. The van der Waals surface area contributed by atoms with Crippen LogP contribution in [0.4, 0.5) is 5.69 Å². The van der Waals surface area contributed by atoms with E-state index in [1.54, 1.807) is 12.1 Å². The summed E-state index contributed by atoms with van der Waals surface area (Å²) in [6, 6.07) is 5.18. The predicted molar refractivity (Wildman–Crippen MR) is 87.1 cm³/mol. The zero-order chi connectivity index (χ0) is 16.5. The molecule has 0 heterocycles. The molecule has 0 aliphatic rings. The second kappa shape index (κ2) is 9.43. The summed E-state index contributed by atoms with van der Waals surface area (Å²) in [5, 5.41) is 10.7. The van der Waals surface area contributed by atoms with Crippen molar-refractivity contribution in [1.82, 2.24) is 0 Å². The average Bonchev–Trinajstić information content (AvgIpc) is 2.52. The van der Waals surface area contributed by atoms with Crippen LogP contribution in [0, 0.1) is 0 Å². The molecule has 0 spiro atoms. The van der Waals surface area contributed by atoms with E-state index in [1.165, 1.54) is 25.9 Å². The lowest BCUT2D eigenvalue weighted by Crippen LogP contribution is -2.20. The number of carboxylic acid groups (broad SMARTS) is 1. The predicted octanol–water partition coefficient (Wildman–Crippen LogP) is 4.39. The van der Waals surface area contributed by atoms with Crippen molar-refractivity contribution in [2.45, 2.75) is 51.9 Å². The Balaban J connectivity index is 3.14. The Kier molecular flexibility index (Phi) is 7.91. The Hall–Kier alpha value is -1.59. The van der Waals surface area contributed by atoms with Crippen molar-refractivity contribution in [3.63, 3.8) is 0 Å². The summed E-state index contributed by atoms with van der Waals surface area (Å²) < 4.78 is 0. The number of carboxylic acids is 1. The minimum Gasteiger partial charge on any atom is -0.478 e. The molecule has 5 heteroatoms. The molecule has 1 rings (SSSR count). The van der Waals surface area contributed by atoms with Crippen LogP contribution in [-0.2, 0) is 9.68 Å². The van der Waals surface area contributed by atoms with E-state index in [9.17, 15) is 9.90 Å². The van der Waals surface area contributed by atoms with Gasteiger partial charge in [-0.15, -0.1) is 5.23 Å². The summed E-state index contributed by atoms with van der Waals surface area (Å²) in [4.78, 5) is 21.7. The zero-order valence-electron chi connectivity index (χ0n) is 14.0. The molecular formula is C17H27NO4. The first kappa shape index (κ1) is 18.5. The Bertz CT molecular complexity index is 472. The monoisotopic (exact) mass is 309 g/mol.